The van der Waals surface area contributed by atoms with Crippen molar-refractivity contribution in [2.75, 3.05) is 46.5 Å². The molecule has 0 aliphatic carbocycles. The van der Waals surface area contributed by atoms with Gasteiger partial charge in [-0.05, 0) is 44.9 Å². The fourth-order valence-corrected chi connectivity index (χ4v) is 4.43. The number of amides is 2. The molecule has 2 saturated heterocycles. The number of benzene rings is 1. The Hall–Kier alpha value is -1.90. The first-order valence-corrected chi connectivity index (χ1v) is 11.0. The van der Waals surface area contributed by atoms with E-state index in [-0.39, 0.29) is 43.9 Å². The summed E-state index contributed by atoms with van der Waals surface area (Å²) >= 11 is 6.00. The van der Waals surface area contributed by atoms with Crippen LogP contribution in [0.25, 0.3) is 0 Å². The smallest absolute Gasteiger partial charge is 0.251 e. The van der Waals surface area contributed by atoms with Gasteiger partial charge in [0.05, 0.1) is 45.5 Å². The summed E-state index contributed by atoms with van der Waals surface area (Å²) in [6.07, 6.45) is 0.515. The van der Waals surface area contributed by atoms with Gasteiger partial charge in [0.25, 0.3) is 5.91 Å². The molecule has 2 amide bonds. The molecule has 1 unspecified atom stereocenters. The molecule has 3 rings (SSSR count). The minimum absolute atomic E-state index is 0.0432. The van der Waals surface area contributed by atoms with E-state index in [1.165, 1.54) is 13.2 Å². The third kappa shape index (κ3) is 6.08. The molecule has 2 atom stereocenters. The van der Waals surface area contributed by atoms with E-state index in [0.717, 1.165) is 0 Å². The minimum Gasteiger partial charge on any atom is -0.497 e. The number of alkyl halides is 1. The number of hydrogen-bond acceptors (Lipinski definition) is 5. The lowest BCUT2D eigenvalue weighted by molar-refractivity contribution is -0.146. The fourth-order valence-electron chi connectivity index (χ4n) is 4.21. The number of nitrogens with zero attached hydrogens (tertiary/aromatic N) is 2. The number of carbonyl (C=O) groups is 2. The molecule has 2 fully saturated rings. The molecular weight excluding hydrogens is 425 g/mol. The Balaban J connectivity index is 1.48. The van der Waals surface area contributed by atoms with Crippen LogP contribution in [-0.2, 0) is 9.53 Å². The zero-order chi connectivity index (χ0) is 22.6. The van der Waals surface area contributed by atoms with Crippen molar-refractivity contribution < 1.29 is 23.5 Å². The van der Waals surface area contributed by atoms with Crippen LogP contribution < -0.4 is 10.1 Å². The zero-order valence-corrected chi connectivity index (χ0v) is 19.1. The summed E-state index contributed by atoms with van der Waals surface area (Å²) in [5.41, 5.74) is -1.18. The summed E-state index contributed by atoms with van der Waals surface area (Å²) in [5, 5.41) is 3.05. The number of nitrogens with one attached hydrogen (secondary N) is 1. The van der Waals surface area contributed by atoms with Gasteiger partial charge in [0, 0.05) is 23.7 Å². The third-order valence-corrected chi connectivity index (χ3v) is 6.22. The molecule has 2 heterocycles. The van der Waals surface area contributed by atoms with E-state index in [9.17, 15) is 9.59 Å². The zero-order valence-electron chi connectivity index (χ0n) is 18.3. The van der Waals surface area contributed by atoms with Gasteiger partial charge >= 0.3 is 0 Å². The second-order valence-electron chi connectivity index (χ2n) is 8.53. The molecule has 31 heavy (non-hydrogen) atoms. The van der Waals surface area contributed by atoms with Gasteiger partial charge in [0.15, 0.2) is 0 Å². The summed E-state index contributed by atoms with van der Waals surface area (Å²) in [6.45, 7) is 6.18. The molecule has 1 aromatic rings. The SMILES string of the molecule is COc1cc(Cl)cc(C(=O)NCC2(F)CCN(CC(=O)N3C(C)COC[C@H]3C)CC2)c1. The summed E-state index contributed by atoms with van der Waals surface area (Å²) in [6, 6.07) is 4.77. The summed E-state index contributed by atoms with van der Waals surface area (Å²) in [5.74, 6) is 0.123. The monoisotopic (exact) mass is 455 g/mol. The van der Waals surface area contributed by atoms with E-state index in [1.807, 2.05) is 23.6 Å². The van der Waals surface area contributed by atoms with Crippen LogP contribution in [0.1, 0.15) is 37.0 Å². The molecule has 7 nitrogen and oxygen atoms in total. The highest BCUT2D eigenvalue weighted by atomic mass is 35.5. The Bertz CT molecular complexity index is 791. The van der Waals surface area contributed by atoms with Gasteiger partial charge in [0.1, 0.15) is 11.4 Å². The van der Waals surface area contributed by atoms with Crippen LogP contribution in [-0.4, -0.2) is 85.9 Å². The van der Waals surface area contributed by atoms with Crippen molar-refractivity contribution in [2.45, 2.75) is 44.4 Å². The summed E-state index contributed by atoms with van der Waals surface area (Å²) < 4.78 is 25.9. The summed E-state index contributed by atoms with van der Waals surface area (Å²) in [4.78, 5) is 29.1. The van der Waals surface area contributed by atoms with E-state index in [2.05, 4.69) is 5.32 Å². The number of carbonyl (C=O) groups excluding carboxylic acids is 2. The first-order chi connectivity index (χ1) is 14.7. The van der Waals surface area contributed by atoms with Crippen LogP contribution in [0.5, 0.6) is 5.75 Å². The Morgan fingerprint density at radius 3 is 2.48 bits per heavy atom. The first kappa shape index (κ1) is 23.8. The first-order valence-electron chi connectivity index (χ1n) is 10.6. The maximum absolute atomic E-state index is 15.3. The summed E-state index contributed by atoms with van der Waals surface area (Å²) in [7, 11) is 1.49. The van der Waals surface area contributed by atoms with Gasteiger partial charge in [0.2, 0.25) is 5.91 Å². The molecule has 2 aliphatic heterocycles. The highest BCUT2D eigenvalue weighted by molar-refractivity contribution is 6.31. The quantitative estimate of drug-likeness (QED) is 0.713. The standard InChI is InChI=1S/C22H31ClFN3O4/c1-15-12-31-13-16(2)27(15)20(28)11-26-6-4-22(24,5-7-26)14-25-21(29)17-8-18(23)10-19(9-17)30-3/h8-10,15-16H,4-7,11-14H2,1-3H3,(H,25,29)/t15-,16?/m1/s1. The highest BCUT2D eigenvalue weighted by Gasteiger charge is 2.37. The lowest BCUT2D eigenvalue weighted by atomic mass is 9.93. The molecule has 1 N–H and O–H groups in total. The number of methoxy groups -OCH3 is 1. The second-order valence-corrected chi connectivity index (χ2v) is 8.96. The van der Waals surface area contributed by atoms with E-state index >= 15 is 4.39 Å². The lowest BCUT2D eigenvalue weighted by Crippen LogP contribution is -2.56. The third-order valence-electron chi connectivity index (χ3n) is 6.00. The molecule has 1 aromatic carbocycles. The van der Waals surface area contributed by atoms with Crippen LogP contribution in [0.2, 0.25) is 5.02 Å². The molecule has 0 saturated carbocycles. The molecule has 0 aromatic heterocycles. The van der Waals surface area contributed by atoms with Gasteiger partial charge in [-0.2, -0.15) is 0 Å². The highest BCUT2D eigenvalue weighted by Crippen LogP contribution is 2.27. The van der Waals surface area contributed by atoms with Crippen LogP contribution in [0, 0.1) is 0 Å². The second kappa shape index (κ2) is 10.1. The van der Waals surface area contributed by atoms with Crippen molar-refractivity contribution in [3.05, 3.63) is 28.8 Å². The van der Waals surface area contributed by atoms with Crippen LogP contribution >= 0.6 is 11.6 Å². The maximum Gasteiger partial charge on any atom is 0.251 e. The van der Waals surface area contributed by atoms with Gasteiger partial charge in [-0.1, -0.05) is 11.6 Å². The number of morpholine rings is 1. The van der Waals surface area contributed by atoms with Crippen molar-refractivity contribution in [2.24, 2.45) is 0 Å². The fraction of sp³-hybridized carbons (Fsp3) is 0.636. The van der Waals surface area contributed by atoms with E-state index in [1.54, 1.807) is 12.1 Å². The average Bonchev–Trinajstić information content (AvgIpc) is 2.73. The van der Waals surface area contributed by atoms with Gasteiger partial charge in [-0.15, -0.1) is 0 Å². The van der Waals surface area contributed by atoms with E-state index in [4.69, 9.17) is 21.1 Å². The van der Waals surface area contributed by atoms with E-state index in [0.29, 0.717) is 42.6 Å². The van der Waals surface area contributed by atoms with Crippen molar-refractivity contribution >= 4 is 23.4 Å². The van der Waals surface area contributed by atoms with Crippen LogP contribution in [0.15, 0.2) is 18.2 Å². The van der Waals surface area contributed by atoms with Gasteiger partial charge in [-0.25, -0.2) is 4.39 Å². The normalized spacial score (nSPS) is 24.0. The number of halogens is 2. The van der Waals surface area contributed by atoms with Crippen molar-refractivity contribution in [3.63, 3.8) is 0 Å². The molecule has 172 valence electrons. The Labute approximate surface area is 187 Å². The number of likely N-dealkylation sites (tertiary alicyclic amines) is 1. The Morgan fingerprint density at radius 1 is 1.23 bits per heavy atom. The predicted octanol–water partition coefficient (Wildman–Crippen LogP) is 2.52. The van der Waals surface area contributed by atoms with Crippen LogP contribution in [0.3, 0.4) is 0 Å². The minimum atomic E-state index is -1.50. The lowest BCUT2D eigenvalue weighted by Gasteiger charge is -2.41. The Morgan fingerprint density at radius 2 is 1.87 bits per heavy atom. The Kier molecular flexibility index (Phi) is 7.78. The number of piperidine rings is 1. The molecule has 2 aliphatic rings. The predicted molar refractivity (Wildman–Crippen MR) is 116 cm³/mol. The van der Waals surface area contributed by atoms with E-state index < -0.39 is 11.6 Å². The van der Waals surface area contributed by atoms with Crippen LogP contribution in [0.4, 0.5) is 4.39 Å². The molecule has 0 bridgehead atoms. The molecule has 0 radical (unpaired) electrons. The number of rotatable bonds is 6. The van der Waals surface area contributed by atoms with Crippen molar-refractivity contribution in [3.8, 4) is 5.75 Å². The molecule has 9 heteroatoms. The van der Waals surface area contributed by atoms with Gasteiger partial charge in [-0.3, -0.25) is 14.5 Å². The van der Waals surface area contributed by atoms with Crippen molar-refractivity contribution in [1.82, 2.24) is 15.1 Å². The van der Waals surface area contributed by atoms with Gasteiger partial charge < -0.3 is 19.7 Å². The maximum atomic E-state index is 15.3. The number of hydrogen-bond donors (Lipinski definition) is 1. The average molecular weight is 456 g/mol. The molecule has 0 spiro atoms. The van der Waals surface area contributed by atoms with Crippen molar-refractivity contribution in [1.29, 1.82) is 0 Å². The topological polar surface area (TPSA) is 71.1 Å². The molecular formula is C22H31ClFN3O4. The largest absolute Gasteiger partial charge is 0.497 e. The number of ether oxygens (including phenoxy) is 2.